The van der Waals surface area contributed by atoms with E-state index in [2.05, 4.69) is 205 Å². The minimum Gasteiger partial charge on any atom is -0.457 e. The third-order valence-corrected chi connectivity index (χ3v) is 15.2. The van der Waals surface area contributed by atoms with Gasteiger partial charge in [0, 0.05) is 37.5 Å². The third-order valence-electron chi connectivity index (χ3n) is 14.1. The SMILES string of the molecule is c1ccc2c(c1)Oc1cc3c4ccccc4n(-c4nc(-c5ccc6c7ccccc7c7ccccc7c6c5)c5sc6ccccc6c5n4)c3cc1C21c2ccccc2-c2ccccc21. The Balaban J connectivity index is 1.06. The van der Waals surface area contributed by atoms with E-state index in [-0.39, 0.29) is 0 Å². The predicted octanol–water partition coefficient (Wildman–Crippen LogP) is 15.5. The summed E-state index contributed by atoms with van der Waals surface area (Å²) in [5, 5.41) is 10.8. The van der Waals surface area contributed by atoms with Crippen LogP contribution in [0.2, 0.25) is 0 Å². The zero-order valence-electron chi connectivity index (χ0n) is 34.2. The molecule has 1 aliphatic heterocycles. The zero-order chi connectivity index (χ0) is 41.7. The highest BCUT2D eigenvalue weighted by molar-refractivity contribution is 7.26. The summed E-state index contributed by atoms with van der Waals surface area (Å²) in [6, 6.07) is 72.8. The largest absolute Gasteiger partial charge is 0.457 e. The van der Waals surface area contributed by atoms with Crippen molar-refractivity contribution in [1.29, 1.82) is 0 Å². The first-order valence-electron chi connectivity index (χ1n) is 21.8. The number of thiophene rings is 1. The van der Waals surface area contributed by atoms with Crippen molar-refractivity contribution in [3.05, 3.63) is 222 Å². The molecule has 3 aromatic heterocycles. The first kappa shape index (κ1) is 34.5. The Bertz CT molecular complexity index is 4120. The Morgan fingerprint density at radius 1 is 0.406 bits per heavy atom. The lowest BCUT2D eigenvalue weighted by molar-refractivity contribution is 0.437. The van der Waals surface area contributed by atoms with Crippen LogP contribution in [0, 0.1) is 0 Å². The van der Waals surface area contributed by atoms with Gasteiger partial charge < -0.3 is 4.74 Å². The molecule has 5 heteroatoms. The zero-order valence-corrected chi connectivity index (χ0v) is 35.0. The summed E-state index contributed by atoms with van der Waals surface area (Å²) < 4.78 is 11.6. The van der Waals surface area contributed by atoms with E-state index in [1.807, 2.05) is 0 Å². The number of hydrogen-bond donors (Lipinski definition) is 0. The Hall–Kier alpha value is -8.12. The average molecular weight is 832 g/mol. The number of aromatic nitrogens is 3. The van der Waals surface area contributed by atoms with Crippen LogP contribution in [0.25, 0.3) is 103 Å². The second kappa shape index (κ2) is 12.5. The summed E-state index contributed by atoms with van der Waals surface area (Å²) in [6.45, 7) is 0. The molecule has 0 N–H and O–H groups in total. The number of para-hydroxylation sites is 2. The fraction of sp³-hybridized carbons (Fsp3) is 0.0169. The first-order valence-corrected chi connectivity index (χ1v) is 22.6. The van der Waals surface area contributed by atoms with E-state index in [0.29, 0.717) is 5.95 Å². The van der Waals surface area contributed by atoms with Gasteiger partial charge in [-0.25, -0.2) is 9.97 Å². The van der Waals surface area contributed by atoms with Crippen molar-refractivity contribution in [3.8, 4) is 39.8 Å². The molecule has 4 nitrogen and oxygen atoms in total. The lowest BCUT2D eigenvalue weighted by Gasteiger charge is -2.39. The van der Waals surface area contributed by atoms with Gasteiger partial charge >= 0.3 is 0 Å². The van der Waals surface area contributed by atoms with Crippen molar-refractivity contribution in [2.45, 2.75) is 5.41 Å². The Morgan fingerprint density at radius 2 is 0.984 bits per heavy atom. The number of nitrogens with zero attached hydrogens (tertiary/aromatic N) is 3. The van der Waals surface area contributed by atoms with E-state index < -0.39 is 5.41 Å². The van der Waals surface area contributed by atoms with Gasteiger partial charge in [0.15, 0.2) is 0 Å². The molecule has 13 aromatic rings. The second-order valence-electron chi connectivity index (χ2n) is 17.2. The standard InChI is InChI=1S/C59H33N3OS/c1-2-17-37-35(15-1)36-16-3-4-18-38(36)44-31-34(29-30-39(37)44)55-57-56(43-22-8-14-28-54(43)64-57)61-58(60-55)62-50-26-12-7-21-42(50)45-32-53-49(33-51(45)62)59(48-25-11-13-27-52(48)63-53)46-23-9-5-19-40(46)41-20-6-10-24-47(41)59/h1-33H. The van der Waals surface area contributed by atoms with E-state index in [4.69, 9.17) is 14.7 Å². The van der Waals surface area contributed by atoms with E-state index in [9.17, 15) is 0 Å². The van der Waals surface area contributed by atoms with Crippen molar-refractivity contribution < 1.29 is 4.74 Å². The smallest absolute Gasteiger partial charge is 0.235 e. The monoisotopic (exact) mass is 831 g/mol. The molecular formula is C59H33N3OS. The number of ether oxygens (including phenoxy) is 1. The lowest BCUT2D eigenvalue weighted by atomic mass is 9.66. The molecule has 0 saturated heterocycles. The molecule has 2 aliphatic rings. The quantitative estimate of drug-likeness (QED) is 0.163. The minimum absolute atomic E-state index is 0.607. The van der Waals surface area contributed by atoms with Crippen LogP contribution in [0.5, 0.6) is 11.5 Å². The summed E-state index contributed by atoms with van der Waals surface area (Å²) in [7, 11) is 0. The van der Waals surface area contributed by atoms with Crippen molar-refractivity contribution in [1.82, 2.24) is 14.5 Å². The van der Waals surface area contributed by atoms with Crippen LogP contribution >= 0.6 is 11.3 Å². The van der Waals surface area contributed by atoms with Gasteiger partial charge in [-0.2, -0.15) is 0 Å². The average Bonchev–Trinajstić information content (AvgIpc) is 4.00. The van der Waals surface area contributed by atoms with Crippen LogP contribution < -0.4 is 4.74 Å². The second-order valence-corrected chi connectivity index (χ2v) is 18.2. The van der Waals surface area contributed by atoms with Gasteiger partial charge in [-0.1, -0.05) is 164 Å². The molecule has 0 fully saturated rings. The topological polar surface area (TPSA) is 39.9 Å². The minimum atomic E-state index is -0.607. The molecule has 4 heterocycles. The van der Waals surface area contributed by atoms with Crippen molar-refractivity contribution in [2.75, 3.05) is 0 Å². The van der Waals surface area contributed by atoms with Gasteiger partial charge in [-0.15, -0.1) is 11.3 Å². The summed E-state index contributed by atoms with van der Waals surface area (Å²) in [5.41, 5.74) is 11.7. The molecule has 0 bridgehead atoms. The van der Waals surface area contributed by atoms with Gasteiger partial charge in [0.2, 0.25) is 5.95 Å². The van der Waals surface area contributed by atoms with Gasteiger partial charge in [-0.3, -0.25) is 4.57 Å². The lowest BCUT2D eigenvalue weighted by Crippen LogP contribution is -2.32. The first-order chi connectivity index (χ1) is 31.7. The molecule has 0 saturated carbocycles. The number of benzene rings is 10. The molecule has 1 spiro atoms. The molecule has 0 radical (unpaired) electrons. The van der Waals surface area contributed by atoms with Gasteiger partial charge in [0.05, 0.1) is 32.4 Å². The molecule has 0 amide bonds. The Labute approximate surface area is 370 Å². The number of fused-ring (bicyclic) bond motifs is 21. The van der Waals surface area contributed by atoms with Crippen LogP contribution in [0.1, 0.15) is 22.3 Å². The number of rotatable bonds is 2. The highest BCUT2D eigenvalue weighted by atomic mass is 32.1. The fourth-order valence-electron chi connectivity index (χ4n) is 11.5. The fourth-order valence-corrected chi connectivity index (χ4v) is 12.6. The molecule has 64 heavy (non-hydrogen) atoms. The highest BCUT2D eigenvalue weighted by Gasteiger charge is 2.51. The maximum absolute atomic E-state index is 6.99. The van der Waals surface area contributed by atoms with Crippen molar-refractivity contribution in [3.63, 3.8) is 0 Å². The molecule has 10 aromatic carbocycles. The Kier molecular flexibility index (Phi) is 6.73. The Morgan fingerprint density at radius 3 is 1.72 bits per heavy atom. The molecule has 15 rings (SSSR count). The van der Waals surface area contributed by atoms with Crippen LogP contribution in [0.3, 0.4) is 0 Å². The normalized spacial score (nSPS) is 13.6. The molecular weight excluding hydrogens is 799 g/mol. The van der Waals surface area contributed by atoms with Gasteiger partial charge in [0.1, 0.15) is 11.5 Å². The van der Waals surface area contributed by atoms with Crippen LogP contribution in [0.15, 0.2) is 200 Å². The van der Waals surface area contributed by atoms with E-state index >= 15 is 0 Å². The number of hydrogen-bond acceptors (Lipinski definition) is 4. The molecule has 0 atom stereocenters. The maximum atomic E-state index is 6.99. The highest BCUT2D eigenvalue weighted by Crippen LogP contribution is 2.62. The van der Waals surface area contributed by atoms with Gasteiger partial charge in [0.25, 0.3) is 0 Å². The van der Waals surface area contributed by atoms with E-state index in [0.717, 1.165) is 71.3 Å². The summed E-state index contributed by atoms with van der Waals surface area (Å²) >= 11 is 1.77. The third kappa shape index (κ3) is 4.36. The summed E-state index contributed by atoms with van der Waals surface area (Å²) in [5.74, 6) is 2.37. The maximum Gasteiger partial charge on any atom is 0.235 e. The van der Waals surface area contributed by atoms with Crippen molar-refractivity contribution in [2.24, 2.45) is 0 Å². The summed E-state index contributed by atoms with van der Waals surface area (Å²) in [6.07, 6.45) is 0. The van der Waals surface area contributed by atoms with E-state index in [1.165, 1.54) is 59.3 Å². The van der Waals surface area contributed by atoms with Crippen LogP contribution in [-0.4, -0.2) is 14.5 Å². The van der Waals surface area contributed by atoms with Crippen molar-refractivity contribution >= 4 is 85.8 Å². The van der Waals surface area contributed by atoms with Crippen LogP contribution in [-0.2, 0) is 5.41 Å². The van der Waals surface area contributed by atoms with Gasteiger partial charge in [-0.05, 0) is 91.0 Å². The molecule has 296 valence electrons. The molecule has 1 aliphatic carbocycles. The predicted molar refractivity (Wildman–Crippen MR) is 265 cm³/mol. The summed E-state index contributed by atoms with van der Waals surface area (Å²) in [4.78, 5) is 11.3. The molecule has 0 unspecified atom stereocenters. The van der Waals surface area contributed by atoms with Crippen LogP contribution in [0.4, 0.5) is 0 Å². The van der Waals surface area contributed by atoms with E-state index in [1.54, 1.807) is 11.3 Å².